The Morgan fingerprint density at radius 2 is 1.41 bits per heavy atom. The lowest BCUT2D eigenvalue weighted by molar-refractivity contribution is -0.646. The van der Waals surface area contributed by atoms with E-state index in [-0.39, 0.29) is 51.6 Å². The maximum absolute atomic E-state index is 12.9. The van der Waals surface area contributed by atoms with Crippen molar-refractivity contribution in [1.29, 1.82) is 0 Å². The summed E-state index contributed by atoms with van der Waals surface area (Å²) in [6.07, 6.45) is 15.6. The van der Waals surface area contributed by atoms with E-state index >= 15 is 0 Å². The van der Waals surface area contributed by atoms with Crippen LogP contribution in [0.1, 0.15) is 133 Å². The Kier molecular flexibility index (Phi) is 16.3. The number of ketones is 1. The fourth-order valence-electron chi connectivity index (χ4n) is 14.6. The van der Waals surface area contributed by atoms with Gasteiger partial charge in [-0.3, -0.25) is 9.59 Å². The molecule has 0 aliphatic heterocycles. The van der Waals surface area contributed by atoms with Crippen LogP contribution in [-0.4, -0.2) is 63.8 Å². The van der Waals surface area contributed by atoms with Crippen LogP contribution in [0.15, 0.2) is 139 Å². The number of pyridine rings is 1. The van der Waals surface area contributed by atoms with E-state index in [9.17, 15) is 39.6 Å². The molecule has 6 unspecified atom stereocenters. The SMILES string of the molecule is CCC(=O)OC1CCC2C3CCC4=CC(=O)CCC4(C)C3CCC12C.Cc1cc(C=Cc2ccc3cc(N(C)C)ccc3[n+]2C)c(C)n1-c1ccccc1.O=C(O)c1cc2ccccc2c(Cc2c(O)c(C(=O)O)cc3ccccc23)c1[O-]. The van der Waals surface area contributed by atoms with Gasteiger partial charge in [-0.15, -0.1) is 0 Å². The summed E-state index contributed by atoms with van der Waals surface area (Å²) in [6, 6.07) is 40.3. The number of phenols is 1. The van der Waals surface area contributed by atoms with E-state index in [0.29, 0.717) is 45.6 Å². The number of para-hydroxylation sites is 1. The van der Waals surface area contributed by atoms with Gasteiger partial charge in [0.25, 0.3) is 0 Å². The van der Waals surface area contributed by atoms with Crippen LogP contribution in [0.25, 0.3) is 50.3 Å². The topological polar surface area (TPSA) is 173 Å². The zero-order valence-electron chi connectivity index (χ0n) is 48.9. The Morgan fingerprint density at radius 3 is 2.08 bits per heavy atom. The summed E-state index contributed by atoms with van der Waals surface area (Å²) in [6.45, 7) is 11.0. The summed E-state index contributed by atoms with van der Waals surface area (Å²) in [5, 5.41) is 46.1. The lowest BCUT2D eigenvalue weighted by Gasteiger charge is -2.57. The van der Waals surface area contributed by atoms with Crippen molar-refractivity contribution in [3.8, 4) is 17.2 Å². The molecule has 12 heteroatoms. The van der Waals surface area contributed by atoms with Crippen LogP contribution in [0.4, 0.5) is 5.69 Å². The summed E-state index contributed by atoms with van der Waals surface area (Å²) in [7, 11) is 6.28. The van der Waals surface area contributed by atoms with E-state index in [0.717, 1.165) is 38.0 Å². The molecular weight excluding hydrogens is 1040 g/mol. The van der Waals surface area contributed by atoms with Gasteiger partial charge in [0.05, 0.1) is 5.56 Å². The van der Waals surface area contributed by atoms with Crippen LogP contribution in [-0.2, 0) is 27.8 Å². The van der Waals surface area contributed by atoms with E-state index in [2.05, 4.69) is 142 Å². The predicted molar refractivity (Wildman–Crippen MR) is 326 cm³/mol. The molecule has 0 saturated heterocycles. The minimum absolute atomic E-state index is 0.0411. The zero-order valence-corrected chi connectivity index (χ0v) is 48.9. The number of allylic oxidation sites excluding steroid dienone is 1. The molecule has 3 saturated carbocycles. The monoisotopic (exact) mass is 1110 g/mol. The lowest BCUT2D eigenvalue weighted by Crippen LogP contribution is -2.51. The Hall–Kier alpha value is -8.51. The molecule has 4 aliphatic rings. The van der Waals surface area contributed by atoms with Crippen molar-refractivity contribution in [2.24, 2.45) is 35.6 Å². The molecule has 0 bridgehead atoms. The molecule has 3 fully saturated rings. The maximum atomic E-state index is 12.9. The standard InChI is InChI=1S/C26H28N3.C23H16O6.C22H32O3/c1-19-17-21(20(2)29(19)24-9-7-6-8-10-24)11-13-23-14-12-22-18-25(27(3)4)15-16-26(22)28(23)5;24-20-16(14-7-3-1-5-12(14)9-18(20)22(26)27)11-17-15-8-4-2-6-13(15)10-19(21(17)25)23(28)29;1-4-20(24)25-19-8-7-17-16-6-5-14-13-15(23)9-11-21(14,2)18(16)10-12-22(17,19)3/h6-18H,1-5H3;1-10,24-25H,11H2,(H,26,27)(H,28,29);13,16-19H,4-12H2,1-3H3/q+1;;/p-1. The van der Waals surface area contributed by atoms with E-state index in [1.165, 1.54) is 81.9 Å². The van der Waals surface area contributed by atoms with Gasteiger partial charge in [-0.1, -0.05) is 98.8 Å². The highest BCUT2D eigenvalue weighted by atomic mass is 16.5. The van der Waals surface area contributed by atoms with Crippen LogP contribution in [0, 0.1) is 42.4 Å². The molecule has 0 amide bonds. The number of nitrogens with zero attached hydrogens (tertiary/aromatic N) is 3. The highest BCUT2D eigenvalue weighted by molar-refractivity contribution is 6.02. The van der Waals surface area contributed by atoms with Gasteiger partial charge in [0.15, 0.2) is 5.78 Å². The van der Waals surface area contributed by atoms with E-state index in [4.69, 9.17) is 4.74 Å². The molecule has 0 spiro atoms. The number of fused-ring (bicyclic) bond motifs is 8. The number of rotatable bonds is 10. The predicted octanol–water partition coefficient (Wildman–Crippen LogP) is 13.9. The number of esters is 1. The number of carbonyl (C=O) groups excluding carboxylic acids is 2. The van der Waals surface area contributed by atoms with Crippen LogP contribution < -0.4 is 14.6 Å². The number of carbonyl (C=O) groups is 4. The first kappa shape index (κ1) is 57.7. The van der Waals surface area contributed by atoms with Gasteiger partial charge in [0, 0.05) is 90.7 Å². The minimum atomic E-state index is -1.34. The number of ether oxygens (including phenoxy) is 1. The fraction of sp³-hybridized carbons (Fsp3) is 0.338. The number of hydrogen-bond donors (Lipinski definition) is 3. The summed E-state index contributed by atoms with van der Waals surface area (Å²) in [5.41, 5.74) is 10.2. The number of carboxylic acid groups (broad SMARTS) is 2. The Bertz CT molecular complexity index is 3810. The smallest absolute Gasteiger partial charge is 0.339 e. The van der Waals surface area contributed by atoms with Gasteiger partial charge in [-0.25, -0.2) is 9.59 Å². The molecule has 6 aromatic carbocycles. The number of benzene rings is 6. The van der Waals surface area contributed by atoms with Gasteiger partial charge >= 0.3 is 17.9 Å². The number of carboxylic acids is 2. The molecule has 2 aromatic heterocycles. The third kappa shape index (κ3) is 11.0. The lowest BCUT2D eigenvalue weighted by atomic mass is 9.47. The molecule has 12 nitrogen and oxygen atoms in total. The summed E-state index contributed by atoms with van der Waals surface area (Å²) in [4.78, 5) is 49.1. The molecule has 0 radical (unpaired) electrons. The minimum Gasteiger partial charge on any atom is -0.872 e. The number of aromatic nitrogens is 2. The molecular formula is C71H75N3O9. The molecule has 8 aromatic rings. The molecule has 3 N–H and O–H groups in total. The van der Waals surface area contributed by atoms with Crippen LogP contribution in [0.2, 0.25) is 0 Å². The van der Waals surface area contributed by atoms with Crippen LogP contribution >= 0.6 is 0 Å². The Labute approximate surface area is 486 Å². The Morgan fingerprint density at radius 1 is 0.747 bits per heavy atom. The number of hydrogen-bond acceptors (Lipinski definition) is 8. The number of aromatic hydroxyl groups is 1. The van der Waals surface area contributed by atoms with E-state index in [1.54, 1.807) is 48.5 Å². The Balaban J connectivity index is 0.000000140. The first-order chi connectivity index (χ1) is 39.7. The largest absolute Gasteiger partial charge is 0.872 e. The second-order valence-corrected chi connectivity index (χ2v) is 23.9. The van der Waals surface area contributed by atoms with Gasteiger partial charge in [0.2, 0.25) is 11.2 Å². The number of aryl methyl sites for hydroxylation is 2. The van der Waals surface area contributed by atoms with Crippen LogP contribution in [0.5, 0.6) is 11.5 Å². The quantitative estimate of drug-likeness (QED) is 0.0883. The average Bonchev–Trinajstić information content (AvgIpc) is 2.07. The van der Waals surface area contributed by atoms with E-state index in [1.807, 2.05) is 13.0 Å². The molecule has 83 heavy (non-hydrogen) atoms. The maximum Gasteiger partial charge on any atom is 0.339 e. The highest BCUT2D eigenvalue weighted by Crippen LogP contribution is 2.65. The van der Waals surface area contributed by atoms with Crippen molar-refractivity contribution in [3.05, 3.63) is 184 Å². The molecule has 12 rings (SSSR count). The first-order valence-corrected chi connectivity index (χ1v) is 29.1. The van der Waals surface area contributed by atoms with Gasteiger partial charge in [0.1, 0.15) is 24.5 Å². The molecule has 2 heterocycles. The summed E-state index contributed by atoms with van der Waals surface area (Å²) < 4.78 is 10.4. The zero-order chi connectivity index (χ0) is 59.1. The number of aromatic carboxylic acids is 2. The van der Waals surface area contributed by atoms with Gasteiger partial charge < -0.3 is 34.6 Å². The molecule has 6 atom stereocenters. The van der Waals surface area contributed by atoms with Crippen molar-refractivity contribution in [1.82, 2.24) is 4.57 Å². The normalized spacial score (nSPS) is 21.7. The van der Waals surface area contributed by atoms with Crippen molar-refractivity contribution in [2.45, 2.75) is 105 Å². The number of anilines is 1. The molecule has 4 aliphatic carbocycles. The second kappa shape index (κ2) is 23.4. The third-order valence-electron chi connectivity index (χ3n) is 19.1. The van der Waals surface area contributed by atoms with Crippen molar-refractivity contribution < 1.29 is 48.9 Å². The van der Waals surface area contributed by atoms with Crippen molar-refractivity contribution in [2.75, 3.05) is 19.0 Å². The summed E-state index contributed by atoms with van der Waals surface area (Å²) >= 11 is 0. The second-order valence-electron chi connectivity index (χ2n) is 23.9. The van der Waals surface area contributed by atoms with Crippen molar-refractivity contribution in [3.63, 3.8) is 0 Å². The van der Waals surface area contributed by atoms with E-state index < -0.39 is 23.4 Å². The van der Waals surface area contributed by atoms with Crippen LogP contribution in [0.3, 0.4) is 0 Å². The third-order valence-corrected chi connectivity index (χ3v) is 19.1. The van der Waals surface area contributed by atoms with Crippen molar-refractivity contribution >= 4 is 74.0 Å². The highest BCUT2D eigenvalue weighted by Gasteiger charge is 2.60. The molecule has 428 valence electrons. The van der Waals surface area contributed by atoms with Gasteiger partial charge in [-0.2, -0.15) is 4.57 Å². The average molecular weight is 1110 g/mol. The fourth-order valence-corrected chi connectivity index (χ4v) is 14.6. The summed E-state index contributed by atoms with van der Waals surface area (Å²) in [5.74, 6) is -1.30. The first-order valence-electron chi connectivity index (χ1n) is 29.1. The van der Waals surface area contributed by atoms with Gasteiger partial charge in [-0.05, 0) is 175 Å².